The van der Waals surface area contributed by atoms with E-state index in [1.807, 2.05) is 48.6 Å². The second-order valence-electron chi connectivity index (χ2n) is 18.9. The van der Waals surface area contributed by atoms with E-state index in [4.69, 9.17) is 30.2 Å². The van der Waals surface area contributed by atoms with Crippen molar-refractivity contribution >= 4 is 42.2 Å². The number of carbonyl (C=O) groups is 2. The third-order valence-corrected chi connectivity index (χ3v) is 17.9. The normalized spacial score (nSPS) is 21.6. The van der Waals surface area contributed by atoms with Crippen LogP contribution in [0.3, 0.4) is 0 Å². The topological polar surface area (TPSA) is 74.4 Å². The number of esters is 2. The first-order valence-electron chi connectivity index (χ1n) is 22.0. The van der Waals surface area contributed by atoms with Gasteiger partial charge in [0.25, 0.3) is 8.32 Å². The summed E-state index contributed by atoms with van der Waals surface area (Å²) in [6, 6.07) is 37.2. The predicted molar refractivity (Wildman–Crippen MR) is 259 cm³/mol. The number of epoxide rings is 1. The van der Waals surface area contributed by atoms with Crippen molar-refractivity contribution in [2.24, 2.45) is 5.41 Å². The SMILES string of the molecule is C\C(=C/C=C/C(=C/C=C/C=C(\C)CO[Si](c1ccccc1)(c1ccccc1)C(C)(C)C)COC(=O)c1ccccc1)CC[C@@]12O[C@]1(C)C[C@@H](OC(=O)c1ccc(Cl)cc1)CC2(C)C. The Balaban J connectivity index is 1.11. The molecule has 0 N–H and O–H groups in total. The lowest BCUT2D eigenvalue weighted by atomic mass is 9.61. The van der Waals surface area contributed by atoms with Crippen LogP contribution in [0.5, 0.6) is 0 Å². The maximum atomic E-state index is 12.9. The van der Waals surface area contributed by atoms with Crippen molar-refractivity contribution in [3.8, 4) is 0 Å². The van der Waals surface area contributed by atoms with Gasteiger partial charge in [0.2, 0.25) is 0 Å². The van der Waals surface area contributed by atoms with Crippen LogP contribution in [0.1, 0.15) is 102 Å². The lowest BCUT2D eigenvalue weighted by molar-refractivity contribution is -0.00800. The van der Waals surface area contributed by atoms with Gasteiger partial charge in [-0.3, -0.25) is 0 Å². The predicted octanol–water partition coefficient (Wildman–Crippen LogP) is 12.4. The number of hydrogen-bond acceptors (Lipinski definition) is 6. The zero-order valence-electron chi connectivity index (χ0n) is 38.2. The van der Waals surface area contributed by atoms with Gasteiger partial charge in [-0.05, 0) is 103 Å². The molecule has 4 aromatic carbocycles. The van der Waals surface area contributed by atoms with Crippen molar-refractivity contribution in [3.05, 3.63) is 191 Å². The molecule has 4 aromatic rings. The van der Waals surface area contributed by atoms with E-state index in [-0.39, 0.29) is 46.3 Å². The largest absolute Gasteiger partial charge is 0.459 e. The molecule has 0 amide bonds. The Morgan fingerprint density at radius 1 is 0.714 bits per heavy atom. The summed E-state index contributed by atoms with van der Waals surface area (Å²) in [6.45, 7) is 18.3. The smallest absolute Gasteiger partial charge is 0.338 e. The summed E-state index contributed by atoms with van der Waals surface area (Å²) in [5, 5.41) is 2.97. The Labute approximate surface area is 381 Å². The van der Waals surface area contributed by atoms with Crippen molar-refractivity contribution in [1.82, 2.24) is 0 Å². The summed E-state index contributed by atoms with van der Waals surface area (Å²) >= 11 is 6.02. The highest BCUT2D eigenvalue weighted by Gasteiger charge is 2.75. The fourth-order valence-electron chi connectivity index (χ4n) is 9.38. The second-order valence-corrected chi connectivity index (χ2v) is 23.6. The van der Waals surface area contributed by atoms with Crippen molar-refractivity contribution in [2.75, 3.05) is 13.2 Å². The molecule has 0 bridgehead atoms. The van der Waals surface area contributed by atoms with Crippen LogP contribution >= 0.6 is 11.6 Å². The molecular formula is C55H63ClO6Si. The molecule has 8 heteroatoms. The van der Waals surface area contributed by atoms with Crippen LogP contribution in [0.2, 0.25) is 10.1 Å². The van der Waals surface area contributed by atoms with E-state index in [1.165, 1.54) is 15.9 Å². The zero-order valence-corrected chi connectivity index (χ0v) is 39.9. The van der Waals surface area contributed by atoms with E-state index in [0.29, 0.717) is 29.2 Å². The number of benzene rings is 4. The molecule has 0 unspecified atom stereocenters. The van der Waals surface area contributed by atoms with Gasteiger partial charge in [0, 0.05) is 16.9 Å². The summed E-state index contributed by atoms with van der Waals surface area (Å²) < 4.78 is 25.5. The molecule has 1 aliphatic heterocycles. The zero-order chi connectivity index (χ0) is 45.3. The Morgan fingerprint density at radius 3 is 1.86 bits per heavy atom. The summed E-state index contributed by atoms with van der Waals surface area (Å²) in [5.74, 6) is -0.706. The van der Waals surface area contributed by atoms with E-state index < -0.39 is 8.32 Å². The fourth-order valence-corrected chi connectivity index (χ4v) is 14.1. The lowest BCUT2D eigenvalue weighted by Gasteiger charge is -2.43. The molecule has 1 heterocycles. The molecule has 1 saturated heterocycles. The van der Waals surface area contributed by atoms with Gasteiger partial charge < -0.3 is 18.6 Å². The average molecular weight is 884 g/mol. The Kier molecular flexibility index (Phi) is 15.2. The molecular weight excluding hydrogens is 820 g/mol. The first-order chi connectivity index (χ1) is 30.0. The van der Waals surface area contributed by atoms with E-state index in [0.717, 1.165) is 30.4 Å². The highest BCUT2D eigenvalue weighted by atomic mass is 35.5. The van der Waals surface area contributed by atoms with Gasteiger partial charge in [-0.2, -0.15) is 0 Å². The number of hydrogen-bond donors (Lipinski definition) is 0. The first-order valence-corrected chi connectivity index (χ1v) is 24.3. The molecule has 6 rings (SSSR count). The van der Waals surface area contributed by atoms with Crippen LogP contribution in [0.4, 0.5) is 0 Å². The van der Waals surface area contributed by atoms with Crippen molar-refractivity contribution < 1.29 is 28.2 Å². The molecule has 1 saturated carbocycles. The Morgan fingerprint density at radius 2 is 1.27 bits per heavy atom. The van der Waals surface area contributed by atoms with Crippen LogP contribution in [0, 0.1) is 5.41 Å². The number of fused-ring (bicyclic) bond motifs is 1. The molecule has 1 aliphatic carbocycles. The number of allylic oxidation sites excluding steroid dienone is 7. The molecule has 3 atom stereocenters. The lowest BCUT2D eigenvalue weighted by Crippen LogP contribution is -2.66. The number of rotatable bonds is 17. The van der Waals surface area contributed by atoms with Crippen molar-refractivity contribution in [2.45, 2.75) is 103 Å². The maximum absolute atomic E-state index is 12.9. The van der Waals surface area contributed by atoms with Crippen LogP contribution < -0.4 is 10.4 Å². The summed E-state index contributed by atoms with van der Waals surface area (Å²) in [6.07, 6.45) is 17.0. The van der Waals surface area contributed by atoms with E-state index in [2.05, 4.69) is 128 Å². The van der Waals surface area contributed by atoms with Crippen LogP contribution in [0.15, 0.2) is 175 Å². The van der Waals surface area contributed by atoms with Crippen LogP contribution in [-0.4, -0.2) is 50.8 Å². The van der Waals surface area contributed by atoms with Crippen molar-refractivity contribution in [3.63, 3.8) is 0 Å². The second kappa shape index (κ2) is 20.2. The fraction of sp³-hybridized carbons (Fsp3) is 0.345. The quantitative estimate of drug-likeness (QED) is 0.0455. The van der Waals surface area contributed by atoms with Crippen LogP contribution in [0.25, 0.3) is 0 Å². The van der Waals surface area contributed by atoms with E-state index >= 15 is 0 Å². The standard InChI is InChI=1S/C55H63ClO6Si/c1-41(35-36-55-53(6,7)37-47(38-54(55,8)62-55)61-51(58)45-31-33-46(56)34-32-45)22-20-24-43(40-59-50(57)44-25-12-9-13-26-44)23-19-18-21-42(2)39-60-63(52(3,4)5,48-27-14-10-15-28-48)49-29-16-11-17-30-49/h9-34,47H,35-40H2,1-8H3/b19-18+,24-20+,41-22+,42-21+,43-23-/t47-,54+,55-/m0/s1. The minimum Gasteiger partial charge on any atom is -0.459 e. The molecule has 330 valence electrons. The van der Waals surface area contributed by atoms with E-state index in [9.17, 15) is 9.59 Å². The number of ether oxygens (including phenoxy) is 3. The van der Waals surface area contributed by atoms with Gasteiger partial charge in [-0.25, -0.2) is 9.59 Å². The number of carbonyl (C=O) groups excluding carboxylic acids is 2. The van der Waals surface area contributed by atoms with Crippen molar-refractivity contribution in [1.29, 1.82) is 0 Å². The Bertz CT molecular complexity index is 2300. The molecule has 0 radical (unpaired) electrons. The Hall–Kier alpha value is -5.05. The summed E-state index contributed by atoms with van der Waals surface area (Å²) in [4.78, 5) is 25.9. The van der Waals surface area contributed by atoms with Gasteiger partial charge in [0.15, 0.2) is 0 Å². The third kappa shape index (κ3) is 11.2. The van der Waals surface area contributed by atoms with Crippen LogP contribution in [-0.2, 0) is 18.6 Å². The number of halogens is 1. The minimum atomic E-state index is -2.67. The van der Waals surface area contributed by atoms with Gasteiger partial charge in [0.1, 0.15) is 18.3 Å². The molecule has 63 heavy (non-hydrogen) atoms. The minimum absolute atomic E-state index is 0.112. The average Bonchev–Trinajstić information content (AvgIpc) is 3.89. The third-order valence-electron chi connectivity index (χ3n) is 12.7. The molecule has 0 spiro atoms. The molecule has 2 aliphatic rings. The van der Waals surface area contributed by atoms with Gasteiger partial charge in [0.05, 0.1) is 23.3 Å². The molecule has 2 fully saturated rings. The summed E-state index contributed by atoms with van der Waals surface area (Å²) in [7, 11) is -2.67. The maximum Gasteiger partial charge on any atom is 0.338 e. The van der Waals surface area contributed by atoms with Gasteiger partial charge in [-0.15, -0.1) is 0 Å². The summed E-state index contributed by atoms with van der Waals surface area (Å²) in [5.41, 5.74) is 3.28. The van der Waals surface area contributed by atoms with Gasteiger partial charge >= 0.3 is 11.9 Å². The molecule has 6 nitrogen and oxygen atoms in total. The monoisotopic (exact) mass is 882 g/mol. The first kappa shape index (κ1) is 47.4. The van der Waals surface area contributed by atoms with Gasteiger partial charge in [-0.1, -0.05) is 173 Å². The van der Waals surface area contributed by atoms with E-state index in [1.54, 1.807) is 36.4 Å². The highest BCUT2D eigenvalue weighted by Crippen LogP contribution is 2.67. The molecule has 0 aromatic heterocycles. The highest BCUT2D eigenvalue weighted by molar-refractivity contribution is 6.99.